The Labute approximate surface area is 323 Å². The fraction of sp³-hybridized carbons (Fsp3) is 0.289. The van der Waals surface area contributed by atoms with Crippen LogP contribution in [0.5, 0.6) is 23.0 Å². The number of benzene rings is 4. The molecule has 0 bridgehead atoms. The van der Waals surface area contributed by atoms with Gasteiger partial charge in [-0.3, -0.25) is 9.98 Å². The normalized spacial score (nSPS) is 12.3. The highest BCUT2D eigenvalue weighted by atomic mass is 16.5. The van der Waals surface area contributed by atoms with Gasteiger partial charge in [0.15, 0.2) is 0 Å². The van der Waals surface area contributed by atoms with Crippen molar-refractivity contribution in [2.75, 3.05) is 0 Å². The maximum atomic E-state index is 13.0. The average molecular weight is 739 g/mol. The topological polar surface area (TPSA) is 107 Å². The van der Waals surface area contributed by atoms with Crippen molar-refractivity contribution < 1.29 is 28.8 Å². The van der Waals surface area contributed by atoms with E-state index < -0.39 is 0 Å². The predicted octanol–water partition coefficient (Wildman–Crippen LogP) is 7.33. The van der Waals surface area contributed by atoms with Crippen LogP contribution in [0.25, 0.3) is 0 Å². The third-order valence-electron chi connectivity index (χ3n) is 9.80. The molecule has 10 heteroatoms. The number of nitrogens with zero attached hydrogens (tertiary/aromatic N) is 6. The zero-order valence-electron chi connectivity index (χ0n) is 32.6. The standard InChI is InChI=1S/C45H50N6O4/c1-7-9-27-50-31-29-48(5)43(50)41(52)46-35-15-23-39(24-16-35)54-37-19-11-33(12-20-37)45(3,4)34-13-21-38(22-14-34)55-40-25-17-36(18-26-40)47-42(53)44-49(6)30-32-51(44)28-10-8-2/h11-26,29-32H,7-10,27-28H2,1-6H3. The lowest BCUT2D eigenvalue weighted by Gasteiger charge is -2.26. The van der Waals surface area contributed by atoms with E-state index in [-0.39, 0.29) is 17.2 Å². The van der Waals surface area contributed by atoms with Gasteiger partial charge in [-0.25, -0.2) is 18.3 Å². The zero-order chi connectivity index (χ0) is 39.0. The zero-order valence-corrected chi connectivity index (χ0v) is 32.6. The molecule has 0 atom stereocenters. The van der Waals surface area contributed by atoms with Crippen molar-refractivity contribution in [3.05, 3.63) is 145 Å². The van der Waals surface area contributed by atoms with Crippen LogP contribution in [0.15, 0.2) is 132 Å². The molecule has 0 radical (unpaired) electrons. The summed E-state index contributed by atoms with van der Waals surface area (Å²) >= 11 is 0. The van der Waals surface area contributed by atoms with E-state index in [1.807, 2.05) is 106 Å². The highest BCUT2D eigenvalue weighted by molar-refractivity contribution is 5.88. The first kappa shape index (κ1) is 38.6. The minimum absolute atomic E-state index is 0.274. The van der Waals surface area contributed by atoms with Crippen LogP contribution >= 0.6 is 0 Å². The number of aromatic nitrogens is 4. The van der Waals surface area contributed by atoms with E-state index in [4.69, 9.17) is 9.47 Å². The van der Waals surface area contributed by atoms with Crippen LogP contribution in [0.3, 0.4) is 0 Å². The Morgan fingerprint density at radius 3 is 1.22 bits per heavy atom. The summed E-state index contributed by atoms with van der Waals surface area (Å²) in [5.41, 5.74) is 3.15. The molecule has 4 aromatic carbocycles. The summed E-state index contributed by atoms with van der Waals surface area (Å²) in [6.45, 7) is 10.2. The van der Waals surface area contributed by atoms with E-state index in [1.165, 1.54) is 0 Å². The monoisotopic (exact) mass is 738 g/mol. The average Bonchev–Trinajstić information content (AvgIpc) is 3.75. The molecule has 6 rings (SSSR count). The number of aryl methyl sites for hydroxylation is 4. The molecule has 0 aliphatic carbocycles. The maximum Gasteiger partial charge on any atom is 0.292 e. The quantitative estimate of drug-likeness (QED) is 0.0589. The first-order valence-corrected chi connectivity index (χ1v) is 18.9. The maximum absolute atomic E-state index is 13.0. The molecule has 0 N–H and O–H groups in total. The molecular weight excluding hydrogens is 689 g/mol. The van der Waals surface area contributed by atoms with Gasteiger partial charge in [0.1, 0.15) is 47.8 Å². The van der Waals surface area contributed by atoms with Crippen molar-refractivity contribution in [3.8, 4) is 23.0 Å². The molecule has 10 nitrogen and oxygen atoms in total. The molecule has 6 aromatic rings. The van der Waals surface area contributed by atoms with Crippen LogP contribution in [0.1, 0.15) is 76.2 Å². The summed E-state index contributed by atoms with van der Waals surface area (Å²) in [4.78, 5) is 8.69. The lowest BCUT2D eigenvalue weighted by Crippen LogP contribution is -2.40. The number of hydrogen-bond donors (Lipinski definition) is 0. The minimum Gasteiger partial charge on any atom is -0.853 e. The van der Waals surface area contributed by atoms with Gasteiger partial charge in [0.2, 0.25) is 0 Å². The van der Waals surface area contributed by atoms with E-state index in [2.05, 4.69) is 61.9 Å². The van der Waals surface area contributed by atoms with Gasteiger partial charge in [-0.05, 0) is 96.8 Å². The molecule has 0 unspecified atom stereocenters. The van der Waals surface area contributed by atoms with Crippen molar-refractivity contribution in [1.82, 2.24) is 9.13 Å². The summed E-state index contributed by atoms with van der Waals surface area (Å²) in [5, 5.41) is 26.0. The second kappa shape index (κ2) is 17.3. The second-order valence-electron chi connectivity index (χ2n) is 14.3. The van der Waals surface area contributed by atoms with Gasteiger partial charge < -0.3 is 19.7 Å². The molecule has 2 heterocycles. The van der Waals surface area contributed by atoms with Crippen molar-refractivity contribution in [3.63, 3.8) is 0 Å². The Morgan fingerprint density at radius 2 is 0.891 bits per heavy atom. The van der Waals surface area contributed by atoms with Crippen LogP contribution in [-0.4, -0.2) is 20.9 Å². The smallest absolute Gasteiger partial charge is 0.292 e. The Morgan fingerprint density at radius 1 is 0.564 bits per heavy atom. The second-order valence-corrected chi connectivity index (χ2v) is 14.3. The van der Waals surface area contributed by atoms with Crippen LogP contribution in [-0.2, 0) is 32.6 Å². The number of ether oxygens (including phenoxy) is 2. The van der Waals surface area contributed by atoms with Crippen molar-refractivity contribution in [2.45, 2.75) is 71.9 Å². The van der Waals surface area contributed by atoms with Gasteiger partial charge in [0, 0.05) is 5.41 Å². The summed E-state index contributed by atoms with van der Waals surface area (Å²) < 4.78 is 19.8. The Balaban J connectivity index is 1.05. The van der Waals surface area contributed by atoms with E-state index in [0.717, 1.165) is 49.9 Å². The van der Waals surface area contributed by atoms with Gasteiger partial charge in [-0.15, -0.1) is 0 Å². The van der Waals surface area contributed by atoms with Crippen molar-refractivity contribution in [1.29, 1.82) is 0 Å². The number of rotatable bonds is 16. The molecule has 0 aliphatic rings. The third-order valence-corrected chi connectivity index (χ3v) is 9.80. The van der Waals surface area contributed by atoms with E-state index in [1.54, 1.807) is 24.3 Å². The first-order chi connectivity index (χ1) is 26.5. The third kappa shape index (κ3) is 9.32. The van der Waals surface area contributed by atoms with Crippen molar-refractivity contribution >= 4 is 23.2 Å². The van der Waals surface area contributed by atoms with Gasteiger partial charge in [-0.1, -0.05) is 64.8 Å². The molecule has 0 fully saturated rings. The molecule has 284 valence electrons. The van der Waals surface area contributed by atoms with Crippen LogP contribution in [0.2, 0.25) is 0 Å². The van der Waals surface area contributed by atoms with Gasteiger partial charge >= 0.3 is 0 Å². The lowest BCUT2D eigenvalue weighted by atomic mass is 9.78. The number of unbranched alkanes of at least 4 members (excludes halogenated alkanes) is 2. The van der Waals surface area contributed by atoms with Crippen LogP contribution in [0.4, 0.5) is 11.4 Å². The summed E-state index contributed by atoms with van der Waals surface area (Å²) in [5.74, 6) is 3.31. The lowest BCUT2D eigenvalue weighted by molar-refractivity contribution is -0.674. The van der Waals surface area contributed by atoms with Crippen LogP contribution < -0.4 is 28.8 Å². The minimum atomic E-state index is -0.275. The van der Waals surface area contributed by atoms with E-state index in [0.29, 0.717) is 46.0 Å². The summed E-state index contributed by atoms with van der Waals surface area (Å²) in [6, 6.07) is 30.6. The summed E-state index contributed by atoms with van der Waals surface area (Å²) in [7, 11) is 3.72. The Bertz CT molecular complexity index is 2070. The molecule has 0 saturated carbocycles. The molecular formula is C45H50N6O4. The van der Waals surface area contributed by atoms with Gasteiger partial charge in [0.25, 0.3) is 11.6 Å². The van der Waals surface area contributed by atoms with Crippen LogP contribution in [0, 0.1) is 0 Å². The highest BCUT2D eigenvalue weighted by Gasteiger charge is 2.23. The molecule has 0 amide bonds. The highest BCUT2D eigenvalue weighted by Crippen LogP contribution is 2.35. The van der Waals surface area contributed by atoms with Gasteiger partial charge in [0.05, 0.1) is 50.4 Å². The Kier molecular flexibility index (Phi) is 12.1. The fourth-order valence-corrected chi connectivity index (χ4v) is 6.44. The van der Waals surface area contributed by atoms with E-state index >= 15 is 0 Å². The number of aliphatic imine (C=N–C) groups is 2. The molecule has 55 heavy (non-hydrogen) atoms. The van der Waals surface area contributed by atoms with Gasteiger partial charge in [-0.2, -0.15) is 0 Å². The molecule has 0 aliphatic heterocycles. The number of hydrogen-bond acceptors (Lipinski definition) is 6. The molecule has 0 saturated heterocycles. The molecule has 2 aromatic heterocycles. The fourth-order valence-electron chi connectivity index (χ4n) is 6.44. The molecule has 0 spiro atoms. The number of imidazole rings is 2. The van der Waals surface area contributed by atoms with Crippen molar-refractivity contribution in [2.24, 2.45) is 24.1 Å². The predicted molar refractivity (Wildman–Crippen MR) is 211 cm³/mol. The first-order valence-electron chi connectivity index (χ1n) is 18.9. The van der Waals surface area contributed by atoms with E-state index in [9.17, 15) is 10.2 Å². The SMILES string of the molecule is CCCCn1cc[n+](C)c1/C([O-])=N/c1ccc(Oc2ccc(C(C)(C)c3ccc(Oc4ccc(/N=C(\[O-])c5n(CCCC)cc[n+]5C)cc4)cc3)cc2)cc1. The summed E-state index contributed by atoms with van der Waals surface area (Å²) in [6.07, 6.45) is 11.7. The largest absolute Gasteiger partial charge is 0.853 e. The Hall–Kier alpha value is -6.16.